The van der Waals surface area contributed by atoms with Crippen LogP contribution in [0.25, 0.3) is 0 Å². The van der Waals surface area contributed by atoms with Crippen LogP contribution >= 0.6 is 0 Å². The molecule has 0 radical (unpaired) electrons. The molecule has 1 aromatic heterocycles. The topological polar surface area (TPSA) is 54.0 Å². The summed E-state index contributed by atoms with van der Waals surface area (Å²) in [7, 11) is 0. The Bertz CT molecular complexity index is 663. The minimum Gasteiger partial charge on any atom is -0.370 e. The van der Waals surface area contributed by atoms with Crippen molar-refractivity contribution in [1.29, 1.82) is 0 Å². The van der Waals surface area contributed by atoms with Crippen molar-refractivity contribution in [3.05, 3.63) is 53.7 Å². The van der Waals surface area contributed by atoms with E-state index in [0.717, 1.165) is 24.5 Å². The molecule has 0 saturated carbocycles. The first kappa shape index (κ1) is 18.0. The fraction of sp³-hybridized carbons (Fsp3) is 0.400. The molecule has 2 N–H and O–H groups in total. The van der Waals surface area contributed by atoms with E-state index in [4.69, 9.17) is 0 Å². The molecule has 4 heteroatoms. The second kappa shape index (κ2) is 8.48. The molecule has 128 valence electrons. The molecule has 0 spiro atoms. The summed E-state index contributed by atoms with van der Waals surface area (Å²) in [4.78, 5) is 16.7. The number of amides is 1. The van der Waals surface area contributed by atoms with Gasteiger partial charge in [0.2, 0.25) is 0 Å². The number of benzene rings is 1. The third kappa shape index (κ3) is 5.37. The molecule has 1 amide bonds. The Labute approximate surface area is 144 Å². The van der Waals surface area contributed by atoms with Gasteiger partial charge in [0.15, 0.2) is 0 Å². The van der Waals surface area contributed by atoms with Crippen molar-refractivity contribution in [3.63, 3.8) is 0 Å². The second-order valence-electron chi connectivity index (χ2n) is 6.77. The smallest absolute Gasteiger partial charge is 0.255 e. The molecule has 0 atom stereocenters. The number of anilines is 2. The van der Waals surface area contributed by atoms with E-state index in [2.05, 4.69) is 43.3 Å². The first-order valence-corrected chi connectivity index (χ1v) is 8.57. The van der Waals surface area contributed by atoms with Gasteiger partial charge in [0.05, 0.1) is 0 Å². The van der Waals surface area contributed by atoms with E-state index in [9.17, 15) is 4.79 Å². The number of carbonyl (C=O) groups excluding carboxylic acids is 1. The average molecular weight is 325 g/mol. The lowest BCUT2D eigenvalue weighted by Crippen LogP contribution is -2.13. The maximum Gasteiger partial charge on any atom is 0.255 e. The molecule has 0 saturated heterocycles. The van der Waals surface area contributed by atoms with Gasteiger partial charge in [-0.25, -0.2) is 4.98 Å². The molecule has 2 rings (SSSR count). The van der Waals surface area contributed by atoms with Gasteiger partial charge in [0.1, 0.15) is 5.82 Å². The lowest BCUT2D eigenvalue weighted by molar-refractivity contribution is 0.102. The van der Waals surface area contributed by atoms with E-state index in [-0.39, 0.29) is 5.91 Å². The van der Waals surface area contributed by atoms with Crippen LogP contribution in [0.15, 0.2) is 42.6 Å². The Morgan fingerprint density at radius 1 is 1.08 bits per heavy atom. The van der Waals surface area contributed by atoms with Crippen molar-refractivity contribution in [2.24, 2.45) is 5.92 Å². The fourth-order valence-electron chi connectivity index (χ4n) is 2.31. The van der Waals surface area contributed by atoms with Crippen LogP contribution in [0.4, 0.5) is 11.5 Å². The van der Waals surface area contributed by atoms with Gasteiger partial charge in [0, 0.05) is 24.0 Å². The summed E-state index contributed by atoms with van der Waals surface area (Å²) < 4.78 is 0. The van der Waals surface area contributed by atoms with Crippen LogP contribution in [0.5, 0.6) is 0 Å². The van der Waals surface area contributed by atoms with E-state index in [1.165, 1.54) is 5.56 Å². The van der Waals surface area contributed by atoms with Crippen molar-refractivity contribution >= 4 is 17.4 Å². The molecular weight excluding hydrogens is 298 g/mol. The number of nitrogens with one attached hydrogen (secondary N) is 2. The van der Waals surface area contributed by atoms with E-state index < -0.39 is 0 Å². The maximum atomic E-state index is 12.4. The number of hydrogen-bond acceptors (Lipinski definition) is 3. The first-order valence-electron chi connectivity index (χ1n) is 8.57. The van der Waals surface area contributed by atoms with E-state index in [1.54, 1.807) is 18.3 Å². The molecule has 1 aromatic carbocycles. The van der Waals surface area contributed by atoms with Crippen molar-refractivity contribution < 1.29 is 4.79 Å². The van der Waals surface area contributed by atoms with Crippen LogP contribution < -0.4 is 10.6 Å². The summed E-state index contributed by atoms with van der Waals surface area (Å²) in [6.07, 6.45) is 2.73. The maximum absolute atomic E-state index is 12.4. The summed E-state index contributed by atoms with van der Waals surface area (Å²) in [5, 5.41) is 6.20. The molecule has 0 bridgehead atoms. The van der Waals surface area contributed by atoms with Gasteiger partial charge in [-0.05, 0) is 48.1 Å². The van der Waals surface area contributed by atoms with Gasteiger partial charge in [-0.2, -0.15) is 0 Å². The third-order valence-corrected chi connectivity index (χ3v) is 3.89. The summed E-state index contributed by atoms with van der Waals surface area (Å²) >= 11 is 0. The highest BCUT2D eigenvalue weighted by Gasteiger charge is 2.08. The molecule has 0 aliphatic carbocycles. The molecule has 0 fully saturated rings. The Morgan fingerprint density at radius 3 is 2.42 bits per heavy atom. The van der Waals surface area contributed by atoms with Gasteiger partial charge in [0.25, 0.3) is 5.91 Å². The van der Waals surface area contributed by atoms with Gasteiger partial charge < -0.3 is 10.6 Å². The molecular formula is C20H27N3O. The largest absolute Gasteiger partial charge is 0.370 e. The lowest BCUT2D eigenvalue weighted by Gasteiger charge is -2.10. The number of nitrogens with zero attached hydrogens (tertiary/aromatic N) is 1. The quantitative estimate of drug-likeness (QED) is 0.760. The monoisotopic (exact) mass is 325 g/mol. The zero-order valence-electron chi connectivity index (χ0n) is 15.0. The highest BCUT2D eigenvalue weighted by atomic mass is 16.1. The standard InChI is InChI=1S/C20H27N3O/c1-14(2)9-11-21-19-13-17(10-12-22-19)20(24)23-18-7-5-16(6-8-18)15(3)4/h5-8,10,12-15H,9,11H2,1-4H3,(H,21,22)(H,23,24). The Balaban J connectivity index is 1.99. The zero-order valence-corrected chi connectivity index (χ0v) is 15.0. The van der Waals surface area contributed by atoms with Crippen molar-refractivity contribution in [2.75, 3.05) is 17.2 Å². The van der Waals surface area contributed by atoms with E-state index in [1.807, 2.05) is 24.3 Å². The van der Waals surface area contributed by atoms with E-state index in [0.29, 0.717) is 17.4 Å². The van der Waals surface area contributed by atoms with Crippen molar-refractivity contribution in [2.45, 2.75) is 40.0 Å². The third-order valence-electron chi connectivity index (χ3n) is 3.89. The van der Waals surface area contributed by atoms with Crippen LogP contribution in [0.1, 0.15) is 56.0 Å². The predicted octanol–water partition coefficient (Wildman–Crippen LogP) is 4.92. The molecule has 0 aliphatic rings. The highest BCUT2D eigenvalue weighted by molar-refractivity contribution is 6.04. The van der Waals surface area contributed by atoms with Crippen LogP contribution in [0.2, 0.25) is 0 Å². The van der Waals surface area contributed by atoms with Crippen LogP contribution in [-0.4, -0.2) is 17.4 Å². The fourth-order valence-corrected chi connectivity index (χ4v) is 2.31. The number of hydrogen-bond donors (Lipinski definition) is 2. The predicted molar refractivity (Wildman–Crippen MR) is 101 cm³/mol. The summed E-state index contributed by atoms with van der Waals surface area (Å²) in [6, 6.07) is 11.5. The summed E-state index contributed by atoms with van der Waals surface area (Å²) in [5.41, 5.74) is 2.66. The van der Waals surface area contributed by atoms with Crippen LogP contribution in [0.3, 0.4) is 0 Å². The molecule has 2 aromatic rings. The Hall–Kier alpha value is -2.36. The van der Waals surface area contributed by atoms with Gasteiger partial charge in [-0.1, -0.05) is 39.8 Å². The molecule has 24 heavy (non-hydrogen) atoms. The van der Waals surface area contributed by atoms with Crippen molar-refractivity contribution in [1.82, 2.24) is 4.98 Å². The Morgan fingerprint density at radius 2 is 1.79 bits per heavy atom. The first-order chi connectivity index (χ1) is 11.5. The normalized spacial score (nSPS) is 10.9. The number of pyridine rings is 1. The zero-order chi connectivity index (χ0) is 17.5. The highest BCUT2D eigenvalue weighted by Crippen LogP contribution is 2.18. The number of aromatic nitrogens is 1. The van der Waals surface area contributed by atoms with Gasteiger partial charge in [-0.3, -0.25) is 4.79 Å². The number of carbonyl (C=O) groups is 1. The van der Waals surface area contributed by atoms with Gasteiger partial charge >= 0.3 is 0 Å². The lowest BCUT2D eigenvalue weighted by atomic mass is 10.0. The molecule has 4 nitrogen and oxygen atoms in total. The number of rotatable bonds is 7. The van der Waals surface area contributed by atoms with Crippen LogP contribution in [-0.2, 0) is 0 Å². The molecule has 0 unspecified atom stereocenters. The van der Waals surface area contributed by atoms with Gasteiger partial charge in [-0.15, -0.1) is 0 Å². The minimum atomic E-state index is -0.124. The second-order valence-corrected chi connectivity index (χ2v) is 6.77. The summed E-state index contributed by atoms with van der Waals surface area (Å²) in [6.45, 7) is 9.52. The SMILES string of the molecule is CC(C)CCNc1cc(C(=O)Nc2ccc(C(C)C)cc2)ccn1. The molecule has 0 aliphatic heterocycles. The van der Waals surface area contributed by atoms with E-state index >= 15 is 0 Å². The Kier molecular flexibility index (Phi) is 6.36. The summed E-state index contributed by atoms with van der Waals surface area (Å²) in [5.74, 6) is 1.73. The van der Waals surface area contributed by atoms with Crippen molar-refractivity contribution in [3.8, 4) is 0 Å². The average Bonchev–Trinajstić information content (AvgIpc) is 2.55. The molecule has 1 heterocycles. The van der Waals surface area contributed by atoms with Crippen LogP contribution in [0, 0.1) is 5.92 Å². The minimum absolute atomic E-state index is 0.124.